The molecular weight excluding hydrogens is 220 g/mol. The van der Waals surface area contributed by atoms with Crippen molar-refractivity contribution < 1.29 is 0 Å². The van der Waals surface area contributed by atoms with Crippen molar-refractivity contribution in [3.05, 3.63) is 36.0 Å². The third-order valence-corrected chi connectivity index (χ3v) is 4.09. The second-order valence-corrected chi connectivity index (χ2v) is 5.34. The minimum Gasteiger partial charge on any atom is -0.350 e. The SMILES string of the molecule is CCC(C)C(C)NCc1cn(C)c2ccccc12. The van der Waals surface area contributed by atoms with Crippen LogP contribution >= 0.6 is 0 Å². The third-order valence-electron chi connectivity index (χ3n) is 4.09. The first-order chi connectivity index (χ1) is 8.63. The lowest BCUT2D eigenvalue weighted by atomic mass is 10.0. The second-order valence-electron chi connectivity index (χ2n) is 5.34. The Balaban J connectivity index is 2.13. The van der Waals surface area contributed by atoms with Crippen molar-refractivity contribution >= 4 is 10.9 Å². The van der Waals surface area contributed by atoms with Gasteiger partial charge in [-0.1, -0.05) is 38.5 Å². The molecule has 2 atom stereocenters. The van der Waals surface area contributed by atoms with Gasteiger partial charge in [-0.25, -0.2) is 0 Å². The molecule has 0 aliphatic heterocycles. The van der Waals surface area contributed by atoms with Gasteiger partial charge in [-0.15, -0.1) is 0 Å². The van der Waals surface area contributed by atoms with Crippen molar-refractivity contribution in [3.63, 3.8) is 0 Å². The van der Waals surface area contributed by atoms with E-state index in [0.29, 0.717) is 6.04 Å². The molecule has 2 rings (SSSR count). The van der Waals surface area contributed by atoms with E-state index in [9.17, 15) is 0 Å². The third kappa shape index (κ3) is 2.59. The number of fused-ring (bicyclic) bond motifs is 1. The zero-order valence-electron chi connectivity index (χ0n) is 11.9. The summed E-state index contributed by atoms with van der Waals surface area (Å²) in [6, 6.07) is 9.16. The molecule has 18 heavy (non-hydrogen) atoms. The van der Waals surface area contributed by atoms with Crippen LogP contribution in [-0.4, -0.2) is 10.6 Å². The Morgan fingerprint density at radius 1 is 1.22 bits per heavy atom. The maximum Gasteiger partial charge on any atom is 0.0481 e. The van der Waals surface area contributed by atoms with Gasteiger partial charge in [-0.3, -0.25) is 0 Å². The molecule has 0 aliphatic carbocycles. The standard InChI is InChI=1S/C16H24N2/c1-5-12(2)13(3)17-10-14-11-18(4)16-9-7-6-8-15(14)16/h6-9,11-13,17H,5,10H2,1-4H3. The lowest BCUT2D eigenvalue weighted by Crippen LogP contribution is -2.31. The summed E-state index contributed by atoms with van der Waals surface area (Å²) in [6.07, 6.45) is 3.46. The van der Waals surface area contributed by atoms with Crippen LogP contribution in [-0.2, 0) is 13.6 Å². The molecule has 2 heteroatoms. The van der Waals surface area contributed by atoms with Gasteiger partial charge in [0.05, 0.1) is 0 Å². The molecule has 0 aliphatic rings. The van der Waals surface area contributed by atoms with Crippen LogP contribution in [0.1, 0.15) is 32.8 Å². The minimum atomic E-state index is 0.564. The predicted molar refractivity (Wildman–Crippen MR) is 78.7 cm³/mol. The smallest absolute Gasteiger partial charge is 0.0481 e. The van der Waals surface area contributed by atoms with Crippen LogP contribution in [0.2, 0.25) is 0 Å². The summed E-state index contributed by atoms with van der Waals surface area (Å²) in [5.41, 5.74) is 2.70. The van der Waals surface area contributed by atoms with Crippen LogP contribution < -0.4 is 5.32 Å². The Kier molecular flexibility index (Phi) is 4.07. The number of aromatic nitrogens is 1. The fourth-order valence-corrected chi connectivity index (χ4v) is 2.39. The van der Waals surface area contributed by atoms with E-state index in [1.165, 1.54) is 22.9 Å². The summed E-state index contributed by atoms with van der Waals surface area (Å²) in [5, 5.41) is 5.01. The van der Waals surface area contributed by atoms with Crippen molar-refractivity contribution in [1.82, 2.24) is 9.88 Å². The number of rotatable bonds is 5. The first kappa shape index (κ1) is 13.2. The highest BCUT2D eigenvalue weighted by Gasteiger charge is 2.11. The number of hydrogen-bond donors (Lipinski definition) is 1. The van der Waals surface area contributed by atoms with E-state index in [0.717, 1.165) is 12.5 Å². The van der Waals surface area contributed by atoms with Gasteiger partial charge in [0.1, 0.15) is 0 Å². The van der Waals surface area contributed by atoms with Gasteiger partial charge < -0.3 is 9.88 Å². The van der Waals surface area contributed by atoms with Crippen molar-refractivity contribution in [1.29, 1.82) is 0 Å². The molecule has 2 unspecified atom stereocenters. The average Bonchev–Trinajstić information content (AvgIpc) is 2.72. The van der Waals surface area contributed by atoms with Crippen LogP contribution in [0.25, 0.3) is 10.9 Å². The quantitative estimate of drug-likeness (QED) is 0.848. The topological polar surface area (TPSA) is 17.0 Å². The summed E-state index contributed by atoms with van der Waals surface area (Å²) in [5.74, 6) is 0.722. The number of hydrogen-bond acceptors (Lipinski definition) is 1. The number of aryl methyl sites for hydroxylation is 1. The van der Waals surface area contributed by atoms with Gasteiger partial charge in [0.2, 0.25) is 0 Å². The maximum absolute atomic E-state index is 3.64. The number of para-hydroxylation sites is 1. The Bertz CT molecular complexity index is 513. The van der Waals surface area contributed by atoms with E-state index in [-0.39, 0.29) is 0 Å². The summed E-state index contributed by atoms with van der Waals surface area (Å²) >= 11 is 0. The molecular formula is C16H24N2. The Labute approximate surface area is 110 Å². The molecule has 1 aromatic carbocycles. The second kappa shape index (κ2) is 5.57. The Morgan fingerprint density at radius 2 is 1.94 bits per heavy atom. The maximum atomic E-state index is 3.64. The highest BCUT2D eigenvalue weighted by Crippen LogP contribution is 2.20. The Hall–Kier alpha value is -1.28. The van der Waals surface area contributed by atoms with E-state index in [4.69, 9.17) is 0 Å². The van der Waals surface area contributed by atoms with Crippen molar-refractivity contribution in [2.45, 2.75) is 39.8 Å². The van der Waals surface area contributed by atoms with Crippen molar-refractivity contribution in [2.75, 3.05) is 0 Å². The molecule has 2 aromatic rings. The van der Waals surface area contributed by atoms with Crippen molar-refractivity contribution in [2.24, 2.45) is 13.0 Å². The molecule has 1 aromatic heterocycles. The van der Waals surface area contributed by atoms with Crippen molar-refractivity contribution in [3.8, 4) is 0 Å². The lowest BCUT2D eigenvalue weighted by molar-refractivity contribution is 0.390. The molecule has 1 N–H and O–H groups in total. The largest absolute Gasteiger partial charge is 0.350 e. The van der Waals surface area contributed by atoms with E-state index >= 15 is 0 Å². The van der Waals surface area contributed by atoms with Gasteiger partial charge in [0.15, 0.2) is 0 Å². The normalized spacial score (nSPS) is 14.9. The van der Waals surface area contributed by atoms with Gasteiger partial charge in [-0.05, 0) is 24.5 Å². The highest BCUT2D eigenvalue weighted by molar-refractivity contribution is 5.83. The van der Waals surface area contributed by atoms with E-state index in [2.05, 4.69) is 68.2 Å². The molecule has 0 fully saturated rings. The summed E-state index contributed by atoms with van der Waals surface area (Å²) in [4.78, 5) is 0. The van der Waals surface area contributed by atoms with Gasteiger partial charge in [-0.2, -0.15) is 0 Å². The molecule has 0 radical (unpaired) electrons. The first-order valence-electron chi connectivity index (χ1n) is 6.89. The molecule has 1 heterocycles. The monoisotopic (exact) mass is 244 g/mol. The van der Waals surface area contributed by atoms with Crippen LogP contribution in [0, 0.1) is 5.92 Å². The van der Waals surface area contributed by atoms with Gasteiger partial charge in [0.25, 0.3) is 0 Å². The summed E-state index contributed by atoms with van der Waals surface area (Å²) in [6.45, 7) is 7.79. The number of nitrogens with one attached hydrogen (secondary N) is 1. The molecule has 2 nitrogen and oxygen atoms in total. The van der Waals surface area contributed by atoms with Gasteiger partial charge in [0, 0.05) is 36.7 Å². The molecule has 0 amide bonds. The number of nitrogens with zero attached hydrogens (tertiary/aromatic N) is 1. The first-order valence-corrected chi connectivity index (χ1v) is 6.89. The van der Waals surface area contributed by atoms with Crippen LogP contribution in [0.5, 0.6) is 0 Å². The molecule has 98 valence electrons. The van der Waals surface area contributed by atoms with E-state index in [1.54, 1.807) is 0 Å². The van der Waals surface area contributed by atoms with Gasteiger partial charge >= 0.3 is 0 Å². The Morgan fingerprint density at radius 3 is 2.67 bits per heavy atom. The zero-order valence-corrected chi connectivity index (χ0v) is 11.9. The summed E-state index contributed by atoms with van der Waals surface area (Å²) < 4.78 is 2.21. The van der Waals surface area contributed by atoms with Crippen LogP contribution in [0.3, 0.4) is 0 Å². The minimum absolute atomic E-state index is 0.564. The van der Waals surface area contributed by atoms with E-state index < -0.39 is 0 Å². The molecule has 0 saturated heterocycles. The zero-order chi connectivity index (χ0) is 13.1. The summed E-state index contributed by atoms with van der Waals surface area (Å²) in [7, 11) is 2.12. The number of benzene rings is 1. The predicted octanol–water partition coefficient (Wildman–Crippen LogP) is 3.70. The fraction of sp³-hybridized carbons (Fsp3) is 0.500. The lowest BCUT2D eigenvalue weighted by Gasteiger charge is -2.19. The van der Waals surface area contributed by atoms with Crippen LogP contribution in [0.15, 0.2) is 30.5 Å². The molecule has 0 saturated carbocycles. The van der Waals surface area contributed by atoms with Crippen LogP contribution in [0.4, 0.5) is 0 Å². The highest BCUT2D eigenvalue weighted by atomic mass is 14.9. The fourth-order valence-electron chi connectivity index (χ4n) is 2.39. The molecule has 0 spiro atoms. The molecule has 0 bridgehead atoms. The average molecular weight is 244 g/mol. The van der Waals surface area contributed by atoms with E-state index in [1.807, 2.05) is 0 Å².